The molecule has 1 aromatic rings. The minimum absolute atomic E-state index is 0.0149. The maximum Gasteiger partial charge on any atom is 0.286 e. The van der Waals surface area contributed by atoms with Gasteiger partial charge in [0.25, 0.3) is 11.1 Å². The summed E-state index contributed by atoms with van der Waals surface area (Å²) in [5, 5.41) is 14.4. The Bertz CT molecular complexity index is 600. The molecule has 1 aliphatic rings. The highest BCUT2D eigenvalue weighted by molar-refractivity contribution is 7.99. The summed E-state index contributed by atoms with van der Waals surface area (Å²) in [6.45, 7) is 7.85. The number of aromatic nitrogens is 2. The van der Waals surface area contributed by atoms with E-state index in [4.69, 9.17) is 4.42 Å². The molecule has 1 heterocycles. The Hall–Kier alpha value is -1.41. The monoisotopic (exact) mass is 396 g/mol. The molecule has 1 aliphatic carbocycles. The third-order valence-electron chi connectivity index (χ3n) is 4.69. The van der Waals surface area contributed by atoms with Gasteiger partial charge in [0.2, 0.25) is 11.7 Å². The third kappa shape index (κ3) is 7.25. The molecule has 0 spiro atoms. The Morgan fingerprint density at radius 1 is 1.22 bits per heavy atom. The van der Waals surface area contributed by atoms with E-state index in [1.807, 2.05) is 20.8 Å². The molecule has 152 valence electrons. The first kappa shape index (κ1) is 21.9. The molecular formula is C19H32N4O3S. The molecule has 0 unspecified atom stereocenters. The molecule has 2 N–H and O–H groups in total. The summed E-state index contributed by atoms with van der Waals surface area (Å²) in [6, 6.07) is -0.612. The summed E-state index contributed by atoms with van der Waals surface area (Å²) in [5.41, 5.74) is 0. The number of thioether (sulfide) groups is 1. The van der Waals surface area contributed by atoms with Gasteiger partial charge in [0.1, 0.15) is 0 Å². The number of rotatable bonds is 11. The van der Waals surface area contributed by atoms with Crippen LogP contribution >= 0.6 is 11.8 Å². The van der Waals surface area contributed by atoms with Gasteiger partial charge in [0.15, 0.2) is 0 Å². The van der Waals surface area contributed by atoms with Crippen LogP contribution in [0.1, 0.15) is 70.0 Å². The lowest BCUT2D eigenvalue weighted by Gasteiger charge is -2.24. The van der Waals surface area contributed by atoms with Crippen molar-refractivity contribution in [3.63, 3.8) is 0 Å². The van der Waals surface area contributed by atoms with Gasteiger partial charge >= 0.3 is 0 Å². The highest BCUT2D eigenvalue weighted by atomic mass is 32.2. The minimum Gasteiger partial charge on any atom is -0.408 e. The van der Waals surface area contributed by atoms with Crippen LogP contribution in [0.2, 0.25) is 0 Å². The van der Waals surface area contributed by atoms with Gasteiger partial charge in [-0.25, -0.2) is 0 Å². The van der Waals surface area contributed by atoms with Crippen LogP contribution in [0.4, 0.5) is 0 Å². The number of carbonyl (C=O) groups is 2. The maximum absolute atomic E-state index is 12.9. The summed E-state index contributed by atoms with van der Waals surface area (Å²) >= 11 is 1.42. The highest BCUT2D eigenvalue weighted by Gasteiger charge is 2.30. The quantitative estimate of drug-likeness (QED) is 0.337. The topological polar surface area (TPSA) is 97.1 Å². The summed E-state index contributed by atoms with van der Waals surface area (Å²) < 4.78 is 5.53. The first-order chi connectivity index (χ1) is 13.0. The molecule has 0 radical (unpaired) electrons. The Morgan fingerprint density at radius 2 is 1.96 bits per heavy atom. The van der Waals surface area contributed by atoms with Crippen LogP contribution in [0, 0.1) is 11.8 Å². The van der Waals surface area contributed by atoms with Crippen LogP contribution in [0.15, 0.2) is 9.64 Å². The zero-order valence-electron chi connectivity index (χ0n) is 16.6. The van der Waals surface area contributed by atoms with Gasteiger partial charge in [0.05, 0.1) is 6.04 Å². The predicted molar refractivity (Wildman–Crippen MR) is 106 cm³/mol. The Kier molecular flexibility index (Phi) is 9.27. The largest absolute Gasteiger partial charge is 0.408 e. The molecule has 27 heavy (non-hydrogen) atoms. The summed E-state index contributed by atoms with van der Waals surface area (Å²) in [7, 11) is 0. The van der Waals surface area contributed by atoms with Crippen LogP contribution < -0.4 is 10.6 Å². The van der Waals surface area contributed by atoms with Gasteiger partial charge in [-0.3, -0.25) is 9.59 Å². The van der Waals surface area contributed by atoms with E-state index in [2.05, 4.69) is 20.8 Å². The molecule has 0 aliphatic heterocycles. The van der Waals surface area contributed by atoms with E-state index >= 15 is 0 Å². The van der Waals surface area contributed by atoms with Crippen molar-refractivity contribution in [2.45, 2.75) is 70.6 Å². The molecule has 0 bridgehead atoms. The van der Waals surface area contributed by atoms with Crippen molar-refractivity contribution in [3.05, 3.63) is 5.89 Å². The Morgan fingerprint density at radius 3 is 2.63 bits per heavy atom. The minimum atomic E-state index is -0.612. The summed E-state index contributed by atoms with van der Waals surface area (Å²) in [5.74, 6) is 0.740. The number of nitrogens with zero attached hydrogens (tertiary/aromatic N) is 2. The number of amides is 1. The summed E-state index contributed by atoms with van der Waals surface area (Å²) in [6.07, 6.45) is 5.72. The number of carbonyl (C=O) groups excluding carboxylic acids is 2. The molecule has 1 amide bonds. The van der Waals surface area contributed by atoms with Crippen molar-refractivity contribution in [2.75, 3.05) is 18.8 Å². The number of nitrogens with one attached hydrogen (secondary N) is 2. The lowest BCUT2D eigenvalue weighted by molar-refractivity contribution is -0.126. The zero-order valence-corrected chi connectivity index (χ0v) is 17.4. The van der Waals surface area contributed by atoms with Crippen LogP contribution in [0.5, 0.6) is 0 Å². The molecule has 7 nitrogen and oxygen atoms in total. The van der Waals surface area contributed by atoms with E-state index < -0.39 is 6.04 Å². The standard InChI is InChI=1S/C19H32N4O3S/c1-4-20-10-11-27-19-23-22-18(26-19)16(24)15(12-13(2)3)21-17(25)14-8-6-5-7-9-14/h13-15,20H,4-12H2,1-3H3,(H,21,25)/t15-/m0/s1. The van der Waals surface area contributed by atoms with Crippen molar-refractivity contribution in [1.82, 2.24) is 20.8 Å². The summed E-state index contributed by atoms with van der Waals surface area (Å²) in [4.78, 5) is 25.4. The van der Waals surface area contributed by atoms with E-state index in [-0.39, 0.29) is 29.4 Å². The second-order valence-electron chi connectivity index (χ2n) is 7.47. The lowest BCUT2D eigenvalue weighted by Crippen LogP contribution is -2.45. The molecule has 2 rings (SSSR count). The third-order valence-corrected chi connectivity index (χ3v) is 5.51. The van der Waals surface area contributed by atoms with Crippen molar-refractivity contribution < 1.29 is 14.0 Å². The SMILES string of the molecule is CCNCCSc1nnc(C(=O)[C@H](CC(C)C)NC(=O)C2CCCCC2)o1. The van der Waals surface area contributed by atoms with Gasteiger partial charge in [-0.1, -0.05) is 51.8 Å². The number of Topliss-reactive ketones (excluding diaryl/α,β-unsaturated/α-hetero) is 1. The number of hydrogen-bond donors (Lipinski definition) is 2. The second kappa shape index (κ2) is 11.4. The van der Waals surface area contributed by atoms with E-state index in [0.717, 1.165) is 44.5 Å². The smallest absolute Gasteiger partial charge is 0.286 e. The van der Waals surface area contributed by atoms with E-state index in [1.165, 1.54) is 18.2 Å². The molecule has 0 aromatic carbocycles. The van der Waals surface area contributed by atoms with Gasteiger partial charge in [-0.15, -0.1) is 10.2 Å². The van der Waals surface area contributed by atoms with E-state index in [0.29, 0.717) is 11.6 Å². The fourth-order valence-corrected chi connectivity index (χ4v) is 3.92. The van der Waals surface area contributed by atoms with Crippen molar-refractivity contribution in [2.24, 2.45) is 11.8 Å². The van der Waals surface area contributed by atoms with E-state index in [9.17, 15) is 9.59 Å². The molecule has 1 fully saturated rings. The van der Waals surface area contributed by atoms with Gasteiger partial charge < -0.3 is 15.1 Å². The first-order valence-corrected chi connectivity index (χ1v) is 11.0. The second-order valence-corrected chi connectivity index (χ2v) is 8.51. The van der Waals surface area contributed by atoms with Crippen LogP contribution in [-0.4, -0.2) is 46.8 Å². The molecule has 1 saturated carbocycles. The van der Waals surface area contributed by atoms with Gasteiger partial charge in [-0.2, -0.15) is 0 Å². The maximum atomic E-state index is 12.9. The van der Waals surface area contributed by atoms with Crippen molar-refractivity contribution in [3.8, 4) is 0 Å². The van der Waals surface area contributed by atoms with Gasteiger partial charge in [0, 0.05) is 18.2 Å². The molecule has 8 heteroatoms. The normalized spacial score (nSPS) is 16.4. The van der Waals surface area contributed by atoms with Crippen molar-refractivity contribution in [1.29, 1.82) is 0 Å². The zero-order chi connectivity index (χ0) is 19.6. The number of hydrogen-bond acceptors (Lipinski definition) is 7. The lowest BCUT2D eigenvalue weighted by atomic mass is 9.88. The predicted octanol–water partition coefficient (Wildman–Crippen LogP) is 3.07. The van der Waals surface area contributed by atoms with Crippen LogP contribution in [0.3, 0.4) is 0 Å². The first-order valence-electron chi connectivity index (χ1n) is 10.0. The molecule has 1 aromatic heterocycles. The van der Waals surface area contributed by atoms with Crippen LogP contribution in [-0.2, 0) is 4.79 Å². The fourth-order valence-electron chi connectivity index (χ4n) is 3.26. The molecule has 1 atom stereocenters. The average molecular weight is 397 g/mol. The fraction of sp³-hybridized carbons (Fsp3) is 0.789. The highest BCUT2D eigenvalue weighted by Crippen LogP contribution is 2.24. The Balaban J connectivity index is 1.97. The number of ketones is 1. The average Bonchev–Trinajstić information content (AvgIpc) is 3.13. The molecular weight excluding hydrogens is 364 g/mol. The van der Waals surface area contributed by atoms with Crippen LogP contribution in [0.25, 0.3) is 0 Å². The van der Waals surface area contributed by atoms with E-state index in [1.54, 1.807) is 0 Å². The van der Waals surface area contributed by atoms with Gasteiger partial charge in [-0.05, 0) is 31.7 Å². The van der Waals surface area contributed by atoms with Crippen molar-refractivity contribution >= 4 is 23.5 Å². The Labute approximate surface area is 165 Å². The molecule has 0 saturated heterocycles.